The summed E-state index contributed by atoms with van der Waals surface area (Å²) < 4.78 is 1.95. The van der Waals surface area contributed by atoms with E-state index in [0.717, 1.165) is 35.1 Å². The van der Waals surface area contributed by atoms with Crippen LogP contribution < -0.4 is 5.32 Å². The number of aromatic amines is 1. The third-order valence-corrected chi connectivity index (χ3v) is 5.58. The standard InChI is InChI=1S/C27H30N6O/c1-19(12-22-4-6-23(7-5-22)18-33-17-20(2)14-32-33)8-10-28-21(3)27(34)31-16-24-13-25-9-11-29-26(25)30-15-24/h4-11,13-15,17,21H,12,16,18H2,1-3H3,(H,29,30)(H,31,34)/b19-8+,28-10-. The summed E-state index contributed by atoms with van der Waals surface area (Å²) in [7, 11) is 0. The highest BCUT2D eigenvalue weighted by atomic mass is 16.2. The predicted molar refractivity (Wildman–Crippen MR) is 136 cm³/mol. The lowest BCUT2D eigenvalue weighted by Crippen LogP contribution is -2.31. The molecule has 1 unspecified atom stereocenters. The number of aromatic nitrogens is 4. The highest BCUT2D eigenvalue weighted by Crippen LogP contribution is 2.12. The molecule has 0 saturated carbocycles. The van der Waals surface area contributed by atoms with Gasteiger partial charge < -0.3 is 10.3 Å². The van der Waals surface area contributed by atoms with E-state index in [1.165, 1.54) is 16.7 Å². The molecule has 0 radical (unpaired) electrons. The molecular formula is C27H30N6O. The quantitative estimate of drug-likeness (QED) is 0.368. The molecule has 4 aromatic rings. The molecule has 0 bridgehead atoms. The van der Waals surface area contributed by atoms with Gasteiger partial charge in [0.15, 0.2) is 0 Å². The van der Waals surface area contributed by atoms with Gasteiger partial charge in [0.05, 0.1) is 12.7 Å². The number of rotatable bonds is 9. The molecule has 1 aromatic carbocycles. The smallest absolute Gasteiger partial charge is 0.244 e. The number of pyridine rings is 1. The third-order valence-electron chi connectivity index (χ3n) is 5.58. The maximum Gasteiger partial charge on any atom is 0.244 e. The van der Waals surface area contributed by atoms with Gasteiger partial charge in [-0.05, 0) is 67.7 Å². The largest absolute Gasteiger partial charge is 0.350 e. The lowest BCUT2D eigenvalue weighted by atomic mass is 10.0. The molecule has 1 amide bonds. The summed E-state index contributed by atoms with van der Waals surface area (Å²) in [4.78, 5) is 24.2. The fourth-order valence-electron chi connectivity index (χ4n) is 3.67. The Morgan fingerprint density at radius 2 is 1.97 bits per heavy atom. The number of hydrogen-bond donors (Lipinski definition) is 2. The molecule has 7 nitrogen and oxygen atoms in total. The monoisotopic (exact) mass is 454 g/mol. The zero-order valence-corrected chi connectivity index (χ0v) is 19.8. The van der Waals surface area contributed by atoms with Gasteiger partial charge in [-0.2, -0.15) is 5.10 Å². The van der Waals surface area contributed by atoms with Crippen molar-refractivity contribution < 1.29 is 4.79 Å². The number of benzene rings is 1. The number of hydrogen-bond acceptors (Lipinski definition) is 4. The highest BCUT2D eigenvalue weighted by molar-refractivity contribution is 5.84. The molecule has 174 valence electrons. The summed E-state index contributed by atoms with van der Waals surface area (Å²) in [6.07, 6.45) is 12.1. The van der Waals surface area contributed by atoms with Crippen LogP contribution in [0.5, 0.6) is 0 Å². The van der Waals surface area contributed by atoms with Crippen LogP contribution in [0.3, 0.4) is 0 Å². The van der Waals surface area contributed by atoms with E-state index < -0.39 is 6.04 Å². The first-order valence-corrected chi connectivity index (χ1v) is 11.4. The minimum atomic E-state index is -0.460. The van der Waals surface area contributed by atoms with Gasteiger partial charge in [0, 0.05) is 36.7 Å². The Morgan fingerprint density at radius 1 is 1.18 bits per heavy atom. The first-order chi connectivity index (χ1) is 16.5. The van der Waals surface area contributed by atoms with E-state index >= 15 is 0 Å². The average molecular weight is 455 g/mol. The van der Waals surface area contributed by atoms with Crippen LogP contribution in [-0.4, -0.2) is 37.9 Å². The van der Waals surface area contributed by atoms with E-state index in [-0.39, 0.29) is 5.91 Å². The summed E-state index contributed by atoms with van der Waals surface area (Å²) in [5.74, 6) is -0.112. The van der Waals surface area contributed by atoms with Crippen molar-refractivity contribution in [1.82, 2.24) is 25.1 Å². The molecule has 0 aliphatic rings. The lowest BCUT2D eigenvalue weighted by Gasteiger charge is -2.08. The molecule has 0 fully saturated rings. The average Bonchev–Trinajstić information content (AvgIpc) is 3.46. The Kier molecular flexibility index (Phi) is 7.32. The number of H-pyrrole nitrogens is 1. The van der Waals surface area contributed by atoms with E-state index in [4.69, 9.17) is 0 Å². The first kappa shape index (κ1) is 23.2. The van der Waals surface area contributed by atoms with Gasteiger partial charge in [0.25, 0.3) is 0 Å². The van der Waals surface area contributed by atoms with Gasteiger partial charge in [-0.1, -0.05) is 29.8 Å². The van der Waals surface area contributed by atoms with Crippen LogP contribution in [0, 0.1) is 6.92 Å². The van der Waals surface area contributed by atoms with Crippen molar-refractivity contribution in [2.45, 2.75) is 46.3 Å². The summed E-state index contributed by atoms with van der Waals surface area (Å²) in [5, 5.41) is 8.29. The Labute approximate surface area is 199 Å². The number of allylic oxidation sites excluding steroid dienone is 2. The second kappa shape index (κ2) is 10.7. The second-order valence-corrected chi connectivity index (χ2v) is 8.67. The maximum atomic E-state index is 12.4. The van der Waals surface area contributed by atoms with Gasteiger partial charge in [0.2, 0.25) is 5.91 Å². The fourth-order valence-corrected chi connectivity index (χ4v) is 3.67. The van der Waals surface area contributed by atoms with Gasteiger partial charge >= 0.3 is 0 Å². The molecule has 34 heavy (non-hydrogen) atoms. The molecule has 0 saturated heterocycles. The number of amides is 1. The Morgan fingerprint density at radius 3 is 2.74 bits per heavy atom. The van der Waals surface area contributed by atoms with E-state index in [0.29, 0.717) is 6.54 Å². The number of nitrogens with zero attached hydrogens (tertiary/aromatic N) is 4. The Bertz CT molecular complexity index is 1310. The minimum absolute atomic E-state index is 0.112. The Hall–Kier alpha value is -4.00. The topological polar surface area (TPSA) is 88.0 Å². The number of aryl methyl sites for hydroxylation is 1. The van der Waals surface area contributed by atoms with Crippen molar-refractivity contribution in [3.63, 3.8) is 0 Å². The molecule has 2 N–H and O–H groups in total. The molecule has 7 heteroatoms. The molecular weight excluding hydrogens is 424 g/mol. The van der Waals surface area contributed by atoms with Gasteiger partial charge in [-0.25, -0.2) is 4.98 Å². The molecule has 3 aromatic heterocycles. The van der Waals surface area contributed by atoms with Crippen LogP contribution in [0.2, 0.25) is 0 Å². The SMILES string of the molecule is C/C(=C\C=N/C(C)C(=O)NCc1cnc2[nH]ccc2c1)Cc1ccc(Cn2cc(C)cn2)cc1. The van der Waals surface area contributed by atoms with Crippen molar-refractivity contribution in [3.8, 4) is 0 Å². The molecule has 0 aliphatic heterocycles. The van der Waals surface area contributed by atoms with Crippen LogP contribution in [0.25, 0.3) is 11.0 Å². The van der Waals surface area contributed by atoms with Crippen molar-refractivity contribution in [3.05, 3.63) is 95.1 Å². The van der Waals surface area contributed by atoms with Crippen LogP contribution in [-0.2, 0) is 24.3 Å². The van der Waals surface area contributed by atoms with Crippen molar-refractivity contribution in [1.29, 1.82) is 0 Å². The lowest BCUT2D eigenvalue weighted by molar-refractivity contribution is -0.122. The molecule has 4 rings (SSSR count). The number of carbonyl (C=O) groups is 1. The minimum Gasteiger partial charge on any atom is -0.350 e. The molecule has 3 heterocycles. The summed E-state index contributed by atoms with van der Waals surface area (Å²) >= 11 is 0. The Balaban J connectivity index is 1.24. The molecule has 1 atom stereocenters. The van der Waals surface area contributed by atoms with E-state index in [1.54, 1.807) is 19.3 Å². The number of carbonyl (C=O) groups excluding carboxylic acids is 1. The molecule has 0 aliphatic carbocycles. The van der Waals surface area contributed by atoms with Crippen molar-refractivity contribution in [2.24, 2.45) is 4.99 Å². The van der Waals surface area contributed by atoms with Crippen LogP contribution >= 0.6 is 0 Å². The first-order valence-electron chi connectivity index (χ1n) is 11.4. The number of aliphatic imine (C=N–C) groups is 1. The van der Waals surface area contributed by atoms with Crippen LogP contribution in [0.1, 0.15) is 36.1 Å². The summed E-state index contributed by atoms with van der Waals surface area (Å²) in [5.41, 5.74) is 6.60. The summed E-state index contributed by atoms with van der Waals surface area (Å²) in [6.45, 7) is 7.11. The zero-order chi connectivity index (χ0) is 23.9. The second-order valence-electron chi connectivity index (χ2n) is 8.67. The van der Waals surface area contributed by atoms with E-state index in [2.05, 4.69) is 56.6 Å². The van der Waals surface area contributed by atoms with Gasteiger partial charge in [-0.3, -0.25) is 14.5 Å². The normalized spacial score (nSPS) is 13.0. The number of nitrogens with one attached hydrogen (secondary N) is 2. The maximum absolute atomic E-state index is 12.4. The fraction of sp³-hybridized carbons (Fsp3) is 0.259. The molecule has 0 spiro atoms. The van der Waals surface area contributed by atoms with Gasteiger partial charge in [-0.15, -0.1) is 0 Å². The zero-order valence-electron chi connectivity index (χ0n) is 19.8. The van der Waals surface area contributed by atoms with Crippen molar-refractivity contribution in [2.75, 3.05) is 0 Å². The predicted octanol–water partition coefficient (Wildman–Crippen LogP) is 4.38. The number of fused-ring (bicyclic) bond motifs is 1. The van der Waals surface area contributed by atoms with E-state index in [1.807, 2.05) is 48.4 Å². The van der Waals surface area contributed by atoms with Crippen molar-refractivity contribution >= 4 is 23.2 Å². The van der Waals surface area contributed by atoms with E-state index in [9.17, 15) is 4.79 Å². The van der Waals surface area contributed by atoms with Gasteiger partial charge in [0.1, 0.15) is 11.7 Å². The van der Waals surface area contributed by atoms with Crippen LogP contribution in [0.15, 0.2) is 77.8 Å². The van der Waals surface area contributed by atoms with Crippen LogP contribution in [0.4, 0.5) is 0 Å². The highest BCUT2D eigenvalue weighted by Gasteiger charge is 2.10. The third kappa shape index (κ3) is 6.28. The summed E-state index contributed by atoms with van der Waals surface area (Å²) in [6, 6.07) is 12.1.